The van der Waals surface area contributed by atoms with Crippen molar-refractivity contribution in [1.82, 2.24) is 0 Å². The fourth-order valence-corrected chi connectivity index (χ4v) is 2.67. The Kier molecular flexibility index (Phi) is 3.36. The lowest BCUT2D eigenvalue weighted by Crippen LogP contribution is -2.31. The van der Waals surface area contributed by atoms with Crippen LogP contribution >= 0.6 is 15.9 Å². The van der Waals surface area contributed by atoms with Gasteiger partial charge < -0.3 is 15.8 Å². The first kappa shape index (κ1) is 13.0. The van der Waals surface area contributed by atoms with Crippen molar-refractivity contribution < 1.29 is 9.53 Å². The molecule has 0 saturated carbocycles. The topological polar surface area (TPSA) is 64.3 Å². The van der Waals surface area contributed by atoms with Gasteiger partial charge in [-0.25, -0.2) is 0 Å². The Bertz CT molecular complexity index is 648. The second kappa shape index (κ2) is 5.17. The summed E-state index contributed by atoms with van der Waals surface area (Å²) in [5, 5.41) is 2.85. The van der Waals surface area contributed by atoms with Gasteiger partial charge in [0.05, 0.1) is 5.69 Å². The molecular formula is C15H13BrN2O2. The van der Waals surface area contributed by atoms with E-state index in [-0.39, 0.29) is 5.91 Å². The number of amides is 1. The molecule has 1 unspecified atom stereocenters. The molecule has 0 radical (unpaired) electrons. The SMILES string of the molecule is Nc1ccc(NC(=O)C2Cc3ccccc3O2)c(Br)c1. The van der Waals surface area contributed by atoms with Gasteiger partial charge in [-0.1, -0.05) is 18.2 Å². The van der Waals surface area contributed by atoms with Crippen molar-refractivity contribution in [3.05, 3.63) is 52.5 Å². The predicted molar refractivity (Wildman–Crippen MR) is 81.7 cm³/mol. The first-order valence-corrected chi connectivity index (χ1v) is 7.03. The van der Waals surface area contributed by atoms with Crippen LogP contribution in [0.25, 0.3) is 0 Å². The first-order chi connectivity index (χ1) is 9.63. The molecule has 0 spiro atoms. The molecule has 1 atom stereocenters. The quantitative estimate of drug-likeness (QED) is 0.831. The molecule has 1 aliphatic rings. The van der Waals surface area contributed by atoms with Crippen molar-refractivity contribution in [2.45, 2.75) is 12.5 Å². The van der Waals surface area contributed by atoms with E-state index in [2.05, 4.69) is 21.2 Å². The van der Waals surface area contributed by atoms with E-state index in [1.165, 1.54) is 0 Å². The van der Waals surface area contributed by atoms with Crippen LogP contribution < -0.4 is 15.8 Å². The van der Waals surface area contributed by atoms with E-state index in [0.29, 0.717) is 17.8 Å². The summed E-state index contributed by atoms with van der Waals surface area (Å²) in [5.41, 5.74) is 8.05. The minimum Gasteiger partial charge on any atom is -0.480 e. The summed E-state index contributed by atoms with van der Waals surface area (Å²) in [6.07, 6.45) is 0.103. The molecule has 3 rings (SSSR count). The Morgan fingerprint density at radius 1 is 1.30 bits per heavy atom. The summed E-state index contributed by atoms with van der Waals surface area (Å²) < 4.78 is 6.40. The lowest BCUT2D eigenvalue weighted by Gasteiger charge is -2.12. The molecule has 0 aliphatic carbocycles. The van der Waals surface area contributed by atoms with Crippen molar-refractivity contribution in [2.24, 2.45) is 0 Å². The molecule has 0 saturated heterocycles. The van der Waals surface area contributed by atoms with E-state index in [1.807, 2.05) is 24.3 Å². The van der Waals surface area contributed by atoms with Gasteiger partial charge in [0.1, 0.15) is 5.75 Å². The molecule has 0 aromatic heterocycles. The number of carbonyl (C=O) groups is 1. The summed E-state index contributed by atoms with van der Waals surface area (Å²) in [6.45, 7) is 0. The molecule has 1 amide bonds. The molecule has 1 aliphatic heterocycles. The van der Waals surface area contributed by atoms with Gasteiger partial charge in [-0.2, -0.15) is 0 Å². The van der Waals surface area contributed by atoms with E-state index in [9.17, 15) is 4.79 Å². The second-order valence-corrected chi connectivity index (χ2v) is 5.50. The monoisotopic (exact) mass is 332 g/mol. The summed E-state index contributed by atoms with van der Waals surface area (Å²) >= 11 is 3.38. The molecule has 3 N–H and O–H groups in total. The molecule has 102 valence electrons. The predicted octanol–water partition coefficient (Wildman–Crippen LogP) is 2.97. The Morgan fingerprint density at radius 2 is 2.10 bits per heavy atom. The standard InChI is InChI=1S/C15H13BrN2O2/c16-11-8-10(17)5-6-12(11)18-15(19)14-7-9-3-1-2-4-13(9)20-14/h1-6,8,14H,7,17H2,(H,18,19). The maximum absolute atomic E-state index is 12.2. The Morgan fingerprint density at radius 3 is 2.85 bits per heavy atom. The smallest absolute Gasteiger partial charge is 0.265 e. The number of hydrogen-bond donors (Lipinski definition) is 2. The zero-order chi connectivity index (χ0) is 14.1. The maximum atomic E-state index is 12.2. The van der Waals surface area contributed by atoms with Crippen LogP contribution in [-0.2, 0) is 11.2 Å². The normalized spacial score (nSPS) is 16.4. The third-order valence-corrected chi connectivity index (χ3v) is 3.85. The average molecular weight is 333 g/mol. The Labute approximate surface area is 125 Å². The fourth-order valence-electron chi connectivity index (χ4n) is 2.17. The van der Waals surface area contributed by atoms with Crippen LogP contribution in [0.5, 0.6) is 5.75 Å². The van der Waals surface area contributed by atoms with Gasteiger partial charge in [0.25, 0.3) is 5.91 Å². The molecule has 0 bridgehead atoms. The van der Waals surface area contributed by atoms with E-state index in [4.69, 9.17) is 10.5 Å². The minimum atomic E-state index is -0.489. The molecular weight excluding hydrogens is 320 g/mol. The van der Waals surface area contributed by atoms with Gasteiger partial charge in [-0.3, -0.25) is 4.79 Å². The number of ether oxygens (including phenoxy) is 1. The van der Waals surface area contributed by atoms with Gasteiger partial charge >= 0.3 is 0 Å². The zero-order valence-electron chi connectivity index (χ0n) is 10.6. The molecule has 5 heteroatoms. The van der Waals surface area contributed by atoms with Crippen molar-refractivity contribution in [3.63, 3.8) is 0 Å². The van der Waals surface area contributed by atoms with Crippen LogP contribution in [0, 0.1) is 0 Å². The number of rotatable bonds is 2. The van der Waals surface area contributed by atoms with Gasteiger partial charge in [-0.05, 0) is 45.8 Å². The lowest BCUT2D eigenvalue weighted by molar-refractivity contribution is -0.122. The Hall–Kier alpha value is -2.01. The number of benzene rings is 2. The van der Waals surface area contributed by atoms with E-state index < -0.39 is 6.10 Å². The number of anilines is 2. The average Bonchev–Trinajstić information content (AvgIpc) is 2.86. The number of carbonyl (C=O) groups excluding carboxylic acids is 1. The van der Waals surface area contributed by atoms with E-state index in [0.717, 1.165) is 15.8 Å². The van der Waals surface area contributed by atoms with E-state index >= 15 is 0 Å². The highest BCUT2D eigenvalue weighted by molar-refractivity contribution is 9.10. The van der Waals surface area contributed by atoms with Crippen LogP contribution in [0.1, 0.15) is 5.56 Å². The molecule has 1 heterocycles. The van der Waals surface area contributed by atoms with Crippen LogP contribution in [0.2, 0.25) is 0 Å². The Balaban J connectivity index is 1.72. The number of hydrogen-bond acceptors (Lipinski definition) is 3. The molecule has 0 fully saturated rings. The van der Waals surface area contributed by atoms with Gasteiger partial charge in [0, 0.05) is 16.6 Å². The summed E-state index contributed by atoms with van der Waals surface area (Å²) in [4.78, 5) is 12.2. The molecule has 4 nitrogen and oxygen atoms in total. The molecule has 2 aromatic carbocycles. The van der Waals surface area contributed by atoms with Crippen molar-refractivity contribution in [3.8, 4) is 5.75 Å². The molecule has 2 aromatic rings. The largest absolute Gasteiger partial charge is 0.480 e. The third-order valence-electron chi connectivity index (χ3n) is 3.19. The fraction of sp³-hybridized carbons (Fsp3) is 0.133. The van der Waals surface area contributed by atoms with Crippen molar-refractivity contribution in [1.29, 1.82) is 0 Å². The lowest BCUT2D eigenvalue weighted by atomic mass is 10.1. The highest BCUT2D eigenvalue weighted by Crippen LogP contribution is 2.30. The first-order valence-electron chi connectivity index (χ1n) is 6.24. The summed E-state index contributed by atoms with van der Waals surface area (Å²) in [7, 11) is 0. The highest BCUT2D eigenvalue weighted by atomic mass is 79.9. The minimum absolute atomic E-state index is 0.160. The second-order valence-electron chi connectivity index (χ2n) is 4.65. The summed E-state index contributed by atoms with van der Waals surface area (Å²) in [6, 6.07) is 12.9. The number of halogens is 1. The van der Waals surface area contributed by atoms with Gasteiger partial charge in [0.2, 0.25) is 0 Å². The number of para-hydroxylation sites is 1. The van der Waals surface area contributed by atoms with Crippen molar-refractivity contribution >= 4 is 33.2 Å². The number of fused-ring (bicyclic) bond motifs is 1. The molecule has 20 heavy (non-hydrogen) atoms. The highest BCUT2D eigenvalue weighted by Gasteiger charge is 2.28. The van der Waals surface area contributed by atoms with Crippen LogP contribution in [0.15, 0.2) is 46.9 Å². The van der Waals surface area contributed by atoms with Crippen LogP contribution in [-0.4, -0.2) is 12.0 Å². The van der Waals surface area contributed by atoms with Crippen LogP contribution in [0.4, 0.5) is 11.4 Å². The van der Waals surface area contributed by atoms with Crippen LogP contribution in [0.3, 0.4) is 0 Å². The van der Waals surface area contributed by atoms with Gasteiger partial charge in [0.15, 0.2) is 6.10 Å². The zero-order valence-corrected chi connectivity index (χ0v) is 12.2. The number of nitrogens with two attached hydrogens (primary N) is 1. The summed E-state index contributed by atoms with van der Waals surface area (Å²) in [5.74, 6) is 0.621. The van der Waals surface area contributed by atoms with E-state index in [1.54, 1.807) is 18.2 Å². The number of nitrogen functional groups attached to an aromatic ring is 1. The van der Waals surface area contributed by atoms with Crippen molar-refractivity contribution in [2.75, 3.05) is 11.1 Å². The maximum Gasteiger partial charge on any atom is 0.265 e. The third kappa shape index (κ3) is 2.49. The van der Waals surface area contributed by atoms with Gasteiger partial charge in [-0.15, -0.1) is 0 Å². The number of nitrogens with one attached hydrogen (secondary N) is 1.